The summed E-state index contributed by atoms with van der Waals surface area (Å²) < 4.78 is 38.6. The van der Waals surface area contributed by atoms with Crippen molar-refractivity contribution in [2.75, 3.05) is 6.61 Å². The molecule has 41 heavy (non-hydrogen) atoms. The Morgan fingerprint density at radius 3 is 2.46 bits per heavy atom. The molecule has 210 valence electrons. The molecule has 2 heterocycles. The van der Waals surface area contributed by atoms with Crippen molar-refractivity contribution in [3.05, 3.63) is 125 Å². The smallest absolute Gasteiger partial charge is 0.339 e. The lowest BCUT2D eigenvalue weighted by Crippen LogP contribution is -2.39. The maximum absolute atomic E-state index is 13.9. The predicted octanol–water partition coefficient (Wildman–Crippen LogP) is 4.53. The summed E-state index contributed by atoms with van der Waals surface area (Å²) in [7, 11) is -4.16. The minimum absolute atomic E-state index is 0.00353. The number of nitrogens with zero attached hydrogens (tertiary/aromatic N) is 2. The summed E-state index contributed by atoms with van der Waals surface area (Å²) in [4.78, 5) is 31.8. The Hall–Kier alpha value is -3.99. The third-order valence-electron chi connectivity index (χ3n) is 6.40. The first kappa shape index (κ1) is 28.5. The van der Waals surface area contributed by atoms with E-state index in [0.29, 0.717) is 21.1 Å². The van der Waals surface area contributed by atoms with Gasteiger partial charge in [0.15, 0.2) is 4.80 Å². The van der Waals surface area contributed by atoms with E-state index in [2.05, 4.69) is 4.99 Å². The Morgan fingerprint density at radius 2 is 1.78 bits per heavy atom. The number of thiazole rings is 1. The monoisotopic (exact) mass is 608 g/mol. The number of aromatic nitrogens is 1. The molecule has 1 aromatic heterocycles. The van der Waals surface area contributed by atoms with Crippen LogP contribution in [0, 0.1) is 6.92 Å². The van der Waals surface area contributed by atoms with Crippen molar-refractivity contribution in [3.63, 3.8) is 0 Å². The standard InChI is InChI=1S/C30H25ClN2O6S2/c1-4-38-29(35)26-19(3)32-30-33(27(26)20-8-6-5-7-9-20)28(34)25(40-30)17-21-16-22(31)12-15-24(21)39-41(36,37)23-13-10-18(2)11-14-23/h5-17,27H,4H2,1-3H3/b25-17-. The lowest BCUT2D eigenvalue weighted by atomic mass is 9.96. The van der Waals surface area contributed by atoms with Crippen molar-refractivity contribution >= 4 is 45.1 Å². The second-order valence-electron chi connectivity index (χ2n) is 9.25. The molecule has 0 bridgehead atoms. The highest BCUT2D eigenvalue weighted by Crippen LogP contribution is 2.31. The van der Waals surface area contributed by atoms with Gasteiger partial charge < -0.3 is 8.92 Å². The van der Waals surface area contributed by atoms with E-state index in [1.54, 1.807) is 26.0 Å². The minimum Gasteiger partial charge on any atom is -0.463 e. The van der Waals surface area contributed by atoms with Crippen LogP contribution in [0.1, 0.15) is 36.6 Å². The molecule has 0 fully saturated rings. The maximum atomic E-state index is 13.9. The number of esters is 1. The van der Waals surface area contributed by atoms with Gasteiger partial charge in [-0.05, 0) is 62.7 Å². The molecule has 5 rings (SSSR count). The highest BCUT2D eigenvalue weighted by Gasteiger charge is 2.33. The van der Waals surface area contributed by atoms with E-state index in [-0.39, 0.29) is 32.9 Å². The van der Waals surface area contributed by atoms with Gasteiger partial charge in [-0.25, -0.2) is 9.79 Å². The van der Waals surface area contributed by atoms with Crippen LogP contribution in [0.4, 0.5) is 0 Å². The molecule has 1 unspecified atom stereocenters. The van der Waals surface area contributed by atoms with Gasteiger partial charge in [0.05, 0.1) is 28.5 Å². The molecule has 1 aliphatic heterocycles. The van der Waals surface area contributed by atoms with Gasteiger partial charge in [-0.15, -0.1) is 0 Å². The average molecular weight is 609 g/mol. The number of fused-ring (bicyclic) bond motifs is 1. The summed E-state index contributed by atoms with van der Waals surface area (Å²) in [6, 6.07) is 19.1. The number of benzene rings is 3. The van der Waals surface area contributed by atoms with Gasteiger partial charge in [0.2, 0.25) is 0 Å². The van der Waals surface area contributed by atoms with Gasteiger partial charge in [-0.1, -0.05) is 71.0 Å². The van der Waals surface area contributed by atoms with Crippen LogP contribution in [0.2, 0.25) is 5.02 Å². The van der Waals surface area contributed by atoms with Gasteiger partial charge in [-0.3, -0.25) is 9.36 Å². The first-order valence-electron chi connectivity index (χ1n) is 12.6. The molecule has 0 saturated carbocycles. The number of hydrogen-bond acceptors (Lipinski definition) is 8. The molecule has 0 amide bonds. The normalized spacial score (nSPS) is 15.3. The zero-order chi connectivity index (χ0) is 29.3. The molecule has 3 aromatic carbocycles. The molecule has 1 atom stereocenters. The molecule has 8 nitrogen and oxygen atoms in total. The molecule has 0 saturated heterocycles. The van der Waals surface area contributed by atoms with Crippen molar-refractivity contribution in [2.45, 2.75) is 31.7 Å². The predicted molar refractivity (Wildman–Crippen MR) is 157 cm³/mol. The quantitative estimate of drug-likeness (QED) is 0.226. The van der Waals surface area contributed by atoms with Gasteiger partial charge in [0, 0.05) is 10.6 Å². The molecule has 1 aliphatic rings. The number of hydrogen-bond donors (Lipinski definition) is 0. The summed E-state index contributed by atoms with van der Waals surface area (Å²) in [5.41, 5.74) is 2.21. The zero-order valence-electron chi connectivity index (χ0n) is 22.3. The highest BCUT2D eigenvalue weighted by molar-refractivity contribution is 7.87. The van der Waals surface area contributed by atoms with Gasteiger partial charge in [-0.2, -0.15) is 8.42 Å². The molecule has 0 aliphatic carbocycles. The van der Waals surface area contributed by atoms with E-state index in [4.69, 9.17) is 20.5 Å². The fourth-order valence-electron chi connectivity index (χ4n) is 4.46. The maximum Gasteiger partial charge on any atom is 0.339 e. The summed E-state index contributed by atoms with van der Waals surface area (Å²) >= 11 is 7.36. The van der Waals surface area contributed by atoms with Crippen molar-refractivity contribution in [1.29, 1.82) is 0 Å². The Morgan fingerprint density at radius 1 is 1.07 bits per heavy atom. The van der Waals surface area contributed by atoms with Crippen molar-refractivity contribution in [2.24, 2.45) is 4.99 Å². The highest BCUT2D eigenvalue weighted by atomic mass is 35.5. The van der Waals surface area contributed by atoms with Gasteiger partial charge >= 0.3 is 16.1 Å². The van der Waals surface area contributed by atoms with E-state index >= 15 is 0 Å². The first-order chi connectivity index (χ1) is 19.6. The van der Waals surface area contributed by atoms with Crippen molar-refractivity contribution in [3.8, 4) is 5.75 Å². The Balaban J connectivity index is 1.65. The molecule has 11 heteroatoms. The Bertz CT molecular complexity index is 1960. The van der Waals surface area contributed by atoms with Crippen LogP contribution in [0.3, 0.4) is 0 Å². The number of carbonyl (C=O) groups is 1. The number of ether oxygens (including phenoxy) is 1. The molecule has 0 N–H and O–H groups in total. The van der Waals surface area contributed by atoms with Crippen molar-refractivity contribution in [1.82, 2.24) is 4.57 Å². The van der Waals surface area contributed by atoms with Crippen LogP contribution in [-0.2, 0) is 19.6 Å². The number of halogens is 1. The molecule has 4 aromatic rings. The second-order valence-corrected chi connectivity index (χ2v) is 12.2. The third-order valence-corrected chi connectivity index (χ3v) is 8.87. The SMILES string of the molecule is CCOC(=O)C1=C(C)N=c2s/c(=C\c3cc(Cl)ccc3OS(=O)(=O)c3ccc(C)cc3)c(=O)n2C1c1ccccc1. The summed E-state index contributed by atoms with van der Waals surface area (Å²) in [6.45, 7) is 5.44. The topological polar surface area (TPSA) is 104 Å². The van der Waals surface area contributed by atoms with E-state index < -0.39 is 27.7 Å². The third kappa shape index (κ3) is 5.76. The molecule has 0 spiro atoms. The largest absolute Gasteiger partial charge is 0.463 e. The fraction of sp³-hybridized carbons (Fsp3) is 0.167. The number of rotatable bonds is 7. The number of allylic oxidation sites excluding steroid dienone is 1. The van der Waals surface area contributed by atoms with Crippen LogP contribution in [0.15, 0.2) is 98.7 Å². The van der Waals surface area contributed by atoms with E-state index in [1.165, 1.54) is 41.0 Å². The van der Waals surface area contributed by atoms with E-state index in [0.717, 1.165) is 16.9 Å². The summed E-state index contributed by atoms with van der Waals surface area (Å²) in [5.74, 6) is -0.549. The average Bonchev–Trinajstić information content (AvgIpc) is 3.24. The lowest BCUT2D eigenvalue weighted by Gasteiger charge is -2.24. The van der Waals surface area contributed by atoms with Crippen LogP contribution >= 0.6 is 22.9 Å². The Kier molecular flexibility index (Phi) is 7.99. The Labute approximate surface area is 245 Å². The second kappa shape index (κ2) is 11.5. The minimum atomic E-state index is -4.16. The van der Waals surface area contributed by atoms with Crippen LogP contribution in [0.5, 0.6) is 5.75 Å². The van der Waals surface area contributed by atoms with E-state index in [9.17, 15) is 18.0 Å². The van der Waals surface area contributed by atoms with Crippen molar-refractivity contribution < 1.29 is 22.1 Å². The fourth-order valence-corrected chi connectivity index (χ4v) is 6.63. The van der Waals surface area contributed by atoms with Gasteiger partial charge in [0.25, 0.3) is 5.56 Å². The van der Waals surface area contributed by atoms with E-state index in [1.807, 2.05) is 37.3 Å². The number of aryl methyl sites for hydroxylation is 1. The molecular weight excluding hydrogens is 584 g/mol. The lowest BCUT2D eigenvalue weighted by molar-refractivity contribution is -0.139. The van der Waals surface area contributed by atoms with Gasteiger partial charge in [0.1, 0.15) is 10.6 Å². The summed E-state index contributed by atoms with van der Waals surface area (Å²) in [6.07, 6.45) is 1.52. The van der Waals surface area contributed by atoms with Crippen LogP contribution in [0.25, 0.3) is 6.08 Å². The van der Waals surface area contributed by atoms with Crippen LogP contribution < -0.4 is 19.1 Å². The zero-order valence-corrected chi connectivity index (χ0v) is 24.7. The first-order valence-corrected chi connectivity index (χ1v) is 15.2. The summed E-state index contributed by atoms with van der Waals surface area (Å²) in [5, 5.41) is 0.326. The molecule has 0 radical (unpaired) electrons. The number of carbonyl (C=O) groups excluding carboxylic acids is 1. The van der Waals surface area contributed by atoms with Crippen LogP contribution in [-0.4, -0.2) is 25.6 Å². The molecular formula is C30H25ClN2O6S2.